The van der Waals surface area contributed by atoms with E-state index in [2.05, 4.69) is 9.55 Å². The van der Waals surface area contributed by atoms with E-state index in [1.807, 2.05) is 60.8 Å². The fourth-order valence-electron chi connectivity index (χ4n) is 2.89. The Labute approximate surface area is 149 Å². The molecule has 0 atom stereocenters. The number of rotatable bonds is 3. The number of benzene rings is 1. The molecule has 5 heteroatoms. The normalized spacial score (nSPS) is 10.9. The standard InChI is InChI=1S/C20H15ClN3O/c21-18-10-9-15(12-22-18)13-23-14-17(16-6-2-1-3-7-16)20(25)24-11-5-4-8-19(23)24/h1-12,14H,13H2/q+1. The Hall–Kier alpha value is -2.98. The van der Waals surface area contributed by atoms with E-state index in [-0.39, 0.29) is 5.56 Å². The molecule has 0 aliphatic rings. The Morgan fingerprint density at radius 2 is 1.80 bits per heavy atom. The van der Waals surface area contributed by atoms with Crippen LogP contribution in [0.3, 0.4) is 0 Å². The van der Waals surface area contributed by atoms with Crippen LogP contribution >= 0.6 is 11.6 Å². The maximum Gasteiger partial charge on any atom is 0.350 e. The van der Waals surface area contributed by atoms with E-state index in [0.29, 0.717) is 17.3 Å². The van der Waals surface area contributed by atoms with Gasteiger partial charge in [0.2, 0.25) is 0 Å². The summed E-state index contributed by atoms with van der Waals surface area (Å²) >= 11 is 5.87. The number of fused-ring (bicyclic) bond motifs is 1. The van der Waals surface area contributed by atoms with Gasteiger partial charge in [-0.05, 0) is 17.7 Å². The zero-order valence-electron chi connectivity index (χ0n) is 13.3. The third kappa shape index (κ3) is 3.04. The molecule has 4 nitrogen and oxygen atoms in total. The van der Waals surface area contributed by atoms with Crippen LogP contribution in [-0.4, -0.2) is 9.38 Å². The van der Waals surface area contributed by atoms with Crippen LogP contribution in [0.15, 0.2) is 84.0 Å². The predicted octanol–water partition coefficient (Wildman–Crippen LogP) is 3.35. The van der Waals surface area contributed by atoms with Gasteiger partial charge in [0.15, 0.2) is 0 Å². The highest BCUT2D eigenvalue weighted by Crippen LogP contribution is 2.14. The molecule has 0 aliphatic carbocycles. The van der Waals surface area contributed by atoms with E-state index in [4.69, 9.17) is 11.6 Å². The molecule has 0 spiro atoms. The average molecular weight is 349 g/mol. The molecule has 0 aliphatic heterocycles. The lowest BCUT2D eigenvalue weighted by molar-refractivity contribution is -0.665. The molecule has 4 aromatic rings. The molecule has 0 saturated carbocycles. The first-order valence-corrected chi connectivity index (χ1v) is 8.30. The van der Waals surface area contributed by atoms with Crippen LogP contribution in [0.2, 0.25) is 5.15 Å². The first kappa shape index (κ1) is 15.5. The molecule has 0 radical (unpaired) electrons. The highest BCUT2D eigenvalue weighted by molar-refractivity contribution is 6.29. The van der Waals surface area contributed by atoms with E-state index in [0.717, 1.165) is 16.8 Å². The lowest BCUT2D eigenvalue weighted by Gasteiger charge is -2.07. The highest BCUT2D eigenvalue weighted by Gasteiger charge is 2.17. The van der Waals surface area contributed by atoms with Crippen molar-refractivity contribution in [3.63, 3.8) is 0 Å². The number of halogens is 1. The summed E-state index contributed by atoms with van der Waals surface area (Å²) < 4.78 is 3.72. The Bertz CT molecular complexity index is 1090. The summed E-state index contributed by atoms with van der Waals surface area (Å²) in [5, 5.41) is 0.466. The second-order valence-electron chi connectivity index (χ2n) is 5.76. The molecular formula is C20H15ClN3O+. The van der Waals surface area contributed by atoms with Crippen molar-refractivity contribution in [2.24, 2.45) is 0 Å². The summed E-state index contributed by atoms with van der Waals surface area (Å²) in [6, 6.07) is 19.1. The molecule has 25 heavy (non-hydrogen) atoms. The Balaban J connectivity index is 1.92. The second kappa shape index (κ2) is 6.49. The number of hydrogen-bond donors (Lipinski definition) is 0. The molecule has 122 valence electrons. The lowest BCUT2D eigenvalue weighted by atomic mass is 10.1. The molecule has 3 aromatic heterocycles. The largest absolute Gasteiger partial charge is 0.350 e. The summed E-state index contributed by atoms with van der Waals surface area (Å²) in [6.07, 6.45) is 5.45. The van der Waals surface area contributed by atoms with Crippen molar-refractivity contribution in [1.29, 1.82) is 0 Å². The maximum absolute atomic E-state index is 12.9. The van der Waals surface area contributed by atoms with Gasteiger partial charge in [0.1, 0.15) is 23.5 Å². The van der Waals surface area contributed by atoms with Crippen molar-refractivity contribution in [3.8, 4) is 11.1 Å². The SMILES string of the molecule is O=c1c(-c2ccccc2)c[n+](Cc2ccc(Cl)nc2)c2ccccn12. The quantitative estimate of drug-likeness (QED) is 0.420. The van der Waals surface area contributed by atoms with Gasteiger partial charge in [0, 0.05) is 17.8 Å². The van der Waals surface area contributed by atoms with Crippen LogP contribution < -0.4 is 10.1 Å². The van der Waals surface area contributed by atoms with Gasteiger partial charge in [0.25, 0.3) is 5.65 Å². The van der Waals surface area contributed by atoms with Crippen molar-refractivity contribution in [1.82, 2.24) is 9.38 Å². The van der Waals surface area contributed by atoms with Gasteiger partial charge in [-0.25, -0.2) is 14.3 Å². The minimum absolute atomic E-state index is 0.0349. The summed E-state index contributed by atoms with van der Waals surface area (Å²) in [5.74, 6) is 0. The Morgan fingerprint density at radius 1 is 1.00 bits per heavy atom. The molecule has 0 fully saturated rings. The van der Waals surface area contributed by atoms with Crippen LogP contribution in [0.25, 0.3) is 16.8 Å². The van der Waals surface area contributed by atoms with E-state index in [9.17, 15) is 4.79 Å². The fraction of sp³-hybridized carbons (Fsp3) is 0.0500. The average Bonchev–Trinajstić information content (AvgIpc) is 2.66. The molecule has 1 aromatic carbocycles. The molecule has 0 unspecified atom stereocenters. The number of nitrogens with zero attached hydrogens (tertiary/aromatic N) is 3. The van der Waals surface area contributed by atoms with E-state index < -0.39 is 0 Å². The minimum Gasteiger partial charge on any atom is -0.244 e. The Morgan fingerprint density at radius 3 is 2.56 bits per heavy atom. The maximum atomic E-state index is 12.9. The van der Waals surface area contributed by atoms with Gasteiger partial charge in [-0.2, -0.15) is 4.40 Å². The molecule has 0 bridgehead atoms. The molecule has 0 amide bonds. The zero-order valence-corrected chi connectivity index (χ0v) is 14.1. The summed E-state index contributed by atoms with van der Waals surface area (Å²) in [7, 11) is 0. The summed E-state index contributed by atoms with van der Waals surface area (Å²) in [5.41, 5.74) is 3.35. The Kier molecular flexibility index (Phi) is 4.04. The van der Waals surface area contributed by atoms with Crippen LogP contribution in [-0.2, 0) is 6.54 Å². The lowest BCUT2D eigenvalue weighted by Crippen LogP contribution is -2.40. The second-order valence-corrected chi connectivity index (χ2v) is 6.15. The van der Waals surface area contributed by atoms with Crippen LogP contribution in [0, 0.1) is 0 Å². The molecule has 0 saturated heterocycles. The minimum atomic E-state index is -0.0349. The van der Waals surface area contributed by atoms with E-state index in [1.54, 1.807) is 22.9 Å². The number of hydrogen-bond acceptors (Lipinski definition) is 2. The summed E-state index contributed by atoms with van der Waals surface area (Å²) in [4.78, 5) is 17.0. The monoisotopic (exact) mass is 348 g/mol. The molecular weight excluding hydrogens is 334 g/mol. The first-order valence-electron chi connectivity index (χ1n) is 7.92. The smallest absolute Gasteiger partial charge is 0.244 e. The third-order valence-electron chi connectivity index (χ3n) is 4.09. The van der Waals surface area contributed by atoms with Gasteiger partial charge in [-0.3, -0.25) is 0 Å². The molecule has 4 rings (SSSR count). The molecule has 3 heterocycles. The topological polar surface area (TPSA) is 38.2 Å². The van der Waals surface area contributed by atoms with Crippen molar-refractivity contribution in [2.45, 2.75) is 6.54 Å². The number of pyridine rings is 2. The van der Waals surface area contributed by atoms with Crippen LogP contribution in [0.1, 0.15) is 5.56 Å². The number of aromatic nitrogens is 3. The van der Waals surface area contributed by atoms with Crippen LogP contribution in [0.4, 0.5) is 0 Å². The first-order chi connectivity index (χ1) is 12.2. The van der Waals surface area contributed by atoms with Gasteiger partial charge < -0.3 is 0 Å². The fourth-order valence-corrected chi connectivity index (χ4v) is 3.00. The van der Waals surface area contributed by atoms with Gasteiger partial charge in [-0.1, -0.05) is 54.1 Å². The van der Waals surface area contributed by atoms with Gasteiger partial charge >= 0.3 is 5.56 Å². The van der Waals surface area contributed by atoms with Crippen LogP contribution in [0.5, 0.6) is 0 Å². The van der Waals surface area contributed by atoms with Crippen molar-refractivity contribution >= 4 is 17.2 Å². The van der Waals surface area contributed by atoms with Crippen molar-refractivity contribution in [3.05, 3.63) is 100 Å². The van der Waals surface area contributed by atoms with Gasteiger partial charge in [-0.15, -0.1) is 0 Å². The summed E-state index contributed by atoms with van der Waals surface area (Å²) in [6.45, 7) is 0.595. The van der Waals surface area contributed by atoms with Crippen molar-refractivity contribution in [2.75, 3.05) is 0 Å². The zero-order chi connectivity index (χ0) is 17.2. The highest BCUT2D eigenvalue weighted by atomic mass is 35.5. The third-order valence-corrected chi connectivity index (χ3v) is 4.32. The van der Waals surface area contributed by atoms with Crippen molar-refractivity contribution < 1.29 is 4.57 Å². The van der Waals surface area contributed by atoms with E-state index in [1.165, 1.54) is 0 Å². The molecule has 0 N–H and O–H groups in total. The predicted molar refractivity (Wildman–Crippen MR) is 97.6 cm³/mol. The van der Waals surface area contributed by atoms with Gasteiger partial charge in [0.05, 0.1) is 6.20 Å². The van der Waals surface area contributed by atoms with E-state index >= 15 is 0 Å².